The maximum absolute atomic E-state index is 11.8. The van der Waals surface area contributed by atoms with E-state index in [0.29, 0.717) is 16.3 Å². The van der Waals surface area contributed by atoms with Crippen LogP contribution in [0.3, 0.4) is 0 Å². The molecule has 0 atom stereocenters. The van der Waals surface area contributed by atoms with Crippen molar-refractivity contribution in [2.45, 2.75) is 6.42 Å². The maximum atomic E-state index is 11.8. The van der Waals surface area contributed by atoms with Gasteiger partial charge in [0, 0.05) is 0 Å². The van der Waals surface area contributed by atoms with Gasteiger partial charge in [0.15, 0.2) is 11.5 Å². The van der Waals surface area contributed by atoms with Crippen molar-refractivity contribution >= 4 is 23.2 Å². The number of anilines is 1. The van der Waals surface area contributed by atoms with E-state index in [1.54, 1.807) is 30.3 Å². The van der Waals surface area contributed by atoms with Crippen molar-refractivity contribution in [3.8, 4) is 11.5 Å². The van der Waals surface area contributed by atoms with Crippen molar-refractivity contribution in [3.63, 3.8) is 0 Å². The molecule has 3 N–H and O–H groups in total. The summed E-state index contributed by atoms with van der Waals surface area (Å²) >= 11 is 5.93. The number of phenols is 2. The molecule has 0 radical (unpaired) electrons. The van der Waals surface area contributed by atoms with Gasteiger partial charge in [-0.05, 0) is 29.8 Å². The molecule has 4 nitrogen and oxygen atoms in total. The normalized spacial score (nSPS) is 10.2. The molecule has 0 unspecified atom stereocenters. The fourth-order valence-corrected chi connectivity index (χ4v) is 1.80. The van der Waals surface area contributed by atoms with Gasteiger partial charge in [-0.2, -0.15) is 0 Å². The van der Waals surface area contributed by atoms with E-state index in [2.05, 4.69) is 5.32 Å². The van der Waals surface area contributed by atoms with Crippen LogP contribution in [0.5, 0.6) is 11.5 Å². The number of aromatic hydroxyl groups is 2. The van der Waals surface area contributed by atoms with E-state index in [1.807, 2.05) is 0 Å². The summed E-state index contributed by atoms with van der Waals surface area (Å²) in [4.78, 5) is 11.8. The van der Waals surface area contributed by atoms with E-state index in [0.717, 1.165) is 0 Å². The van der Waals surface area contributed by atoms with Crippen LogP contribution < -0.4 is 5.32 Å². The number of benzene rings is 2. The fraction of sp³-hybridized carbons (Fsp3) is 0.0714. The van der Waals surface area contributed by atoms with Crippen molar-refractivity contribution in [2.24, 2.45) is 0 Å². The Morgan fingerprint density at radius 3 is 2.53 bits per heavy atom. The van der Waals surface area contributed by atoms with Gasteiger partial charge in [-0.3, -0.25) is 4.79 Å². The van der Waals surface area contributed by atoms with Gasteiger partial charge in [0.1, 0.15) is 0 Å². The van der Waals surface area contributed by atoms with Crippen molar-refractivity contribution in [1.82, 2.24) is 0 Å². The second kappa shape index (κ2) is 5.63. The van der Waals surface area contributed by atoms with Gasteiger partial charge >= 0.3 is 0 Å². The Morgan fingerprint density at radius 1 is 1.11 bits per heavy atom. The summed E-state index contributed by atoms with van der Waals surface area (Å²) < 4.78 is 0. The smallest absolute Gasteiger partial charge is 0.228 e. The number of hydrogen-bond acceptors (Lipinski definition) is 3. The standard InChI is InChI=1S/C14H12ClNO3/c15-10-3-1-2-4-11(10)16-14(19)8-9-5-6-12(17)13(18)7-9/h1-7,17-18H,8H2,(H,16,19). The highest BCUT2D eigenvalue weighted by atomic mass is 35.5. The number of para-hydroxylation sites is 1. The average molecular weight is 278 g/mol. The van der Waals surface area contributed by atoms with E-state index in [4.69, 9.17) is 11.6 Å². The number of carbonyl (C=O) groups is 1. The number of rotatable bonds is 3. The molecule has 19 heavy (non-hydrogen) atoms. The molecule has 2 rings (SSSR count). The molecule has 98 valence electrons. The van der Waals surface area contributed by atoms with Crippen LogP contribution in [0.4, 0.5) is 5.69 Å². The van der Waals surface area contributed by atoms with Crippen LogP contribution in [0.1, 0.15) is 5.56 Å². The lowest BCUT2D eigenvalue weighted by Crippen LogP contribution is -2.14. The van der Waals surface area contributed by atoms with E-state index < -0.39 is 0 Å². The van der Waals surface area contributed by atoms with Crippen molar-refractivity contribution in [2.75, 3.05) is 5.32 Å². The number of halogens is 1. The van der Waals surface area contributed by atoms with E-state index in [9.17, 15) is 15.0 Å². The zero-order valence-electron chi connectivity index (χ0n) is 9.93. The molecule has 0 saturated heterocycles. The van der Waals surface area contributed by atoms with Crippen LogP contribution in [-0.4, -0.2) is 16.1 Å². The minimum atomic E-state index is -0.252. The Balaban J connectivity index is 2.05. The Hall–Kier alpha value is -2.20. The van der Waals surface area contributed by atoms with Gasteiger partial charge in [0.05, 0.1) is 17.1 Å². The van der Waals surface area contributed by atoms with Gasteiger partial charge in [-0.15, -0.1) is 0 Å². The number of nitrogens with one attached hydrogen (secondary N) is 1. The van der Waals surface area contributed by atoms with Crippen LogP contribution in [0.15, 0.2) is 42.5 Å². The highest BCUT2D eigenvalue weighted by Gasteiger charge is 2.08. The lowest BCUT2D eigenvalue weighted by Gasteiger charge is -2.07. The first-order valence-corrected chi connectivity index (χ1v) is 5.99. The topological polar surface area (TPSA) is 69.6 Å². The molecule has 0 fully saturated rings. The molecule has 0 aliphatic heterocycles. The van der Waals surface area contributed by atoms with Gasteiger partial charge in [-0.1, -0.05) is 29.8 Å². The minimum absolute atomic E-state index is 0.0824. The van der Waals surface area contributed by atoms with Crippen LogP contribution in [0.25, 0.3) is 0 Å². The summed E-state index contributed by atoms with van der Waals surface area (Å²) in [5.41, 5.74) is 1.14. The molecule has 5 heteroatoms. The van der Waals surface area contributed by atoms with Gasteiger partial charge < -0.3 is 15.5 Å². The second-order valence-corrected chi connectivity index (χ2v) is 4.44. The molecular formula is C14H12ClNO3. The molecule has 0 saturated carbocycles. The molecule has 2 aromatic carbocycles. The Bertz CT molecular complexity index is 613. The second-order valence-electron chi connectivity index (χ2n) is 4.03. The third kappa shape index (κ3) is 3.39. The third-order valence-corrected chi connectivity index (χ3v) is 2.88. The predicted molar refractivity (Wildman–Crippen MR) is 73.6 cm³/mol. The van der Waals surface area contributed by atoms with Gasteiger partial charge in [-0.25, -0.2) is 0 Å². The number of hydrogen-bond donors (Lipinski definition) is 3. The summed E-state index contributed by atoms with van der Waals surface area (Å²) in [7, 11) is 0. The predicted octanol–water partition coefficient (Wildman–Crippen LogP) is 2.93. The number of carbonyl (C=O) groups excluding carboxylic acids is 1. The maximum Gasteiger partial charge on any atom is 0.228 e. The van der Waals surface area contributed by atoms with E-state index >= 15 is 0 Å². The highest BCUT2D eigenvalue weighted by Crippen LogP contribution is 2.25. The Labute approximate surface area is 115 Å². The minimum Gasteiger partial charge on any atom is -0.504 e. The van der Waals surface area contributed by atoms with Crippen molar-refractivity contribution < 1.29 is 15.0 Å². The number of amides is 1. The Kier molecular flexibility index (Phi) is 3.92. The van der Waals surface area contributed by atoms with Gasteiger partial charge in [0.2, 0.25) is 5.91 Å². The molecule has 0 heterocycles. The molecule has 1 amide bonds. The van der Waals surface area contributed by atoms with E-state index in [-0.39, 0.29) is 23.8 Å². The lowest BCUT2D eigenvalue weighted by molar-refractivity contribution is -0.115. The zero-order valence-corrected chi connectivity index (χ0v) is 10.7. The average Bonchev–Trinajstić information content (AvgIpc) is 2.37. The van der Waals surface area contributed by atoms with Crippen molar-refractivity contribution in [1.29, 1.82) is 0 Å². The molecule has 0 aliphatic rings. The monoisotopic (exact) mass is 277 g/mol. The summed E-state index contributed by atoms with van der Waals surface area (Å²) in [5, 5.41) is 21.7. The molecule has 2 aromatic rings. The Morgan fingerprint density at radius 2 is 1.84 bits per heavy atom. The largest absolute Gasteiger partial charge is 0.504 e. The molecule has 0 spiro atoms. The molecule has 0 aromatic heterocycles. The summed E-state index contributed by atoms with van der Waals surface area (Å²) in [6.07, 6.45) is 0.0824. The fourth-order valence-electron chi connectivity index (χ4n) is 1.62. The van der Waals surface area contributed by atoms with Crippen LogP contribution in [0.2, 0.25) is 5.02 Å². The summed E-state index contributed by atoms with van der Waals surface area (Å²) in [6.45, 7) is 0. The highest BCUT2D eigenvalue weighted by molar-refractivity contribution is 6.33. The molecule has 0 bridgehead atoms. The van der Waals surface area contributed by atoms with Crippen LogP contribution >= 0.6 is 11.6 Å². The van der Waals surface area contributed by atoms with Crippen LogP contribution in [-0.2, 0) is 11.2 Å². The zero-order chi connectivity index (χ0) is 13.8. The third-order valence-electron chi connectivity index (χ3n) is 2.55. The SMILES string of the molecule is O=C(Cc1ccc(O)c(O)c1)Nc1ccccc1Cl. The molecular weight excluding hydrogens is 266 g/mol. The van der Waals surface area contributed by atoms with E-state index in [1.165, 1.54) is 12.1 Å². The summed E-state index contributed by atoms with van der Waals surface area (Å²) in [6, 6.07) is 11.2. The van der Waals surface area contributed by atoms with Gasteiger partial charge in [0.25, 0.3) is 0 Å². The first kappa shape index (κ1) is 13.2. The van der Waals surface area contributed by atoms with Crippen LogP contribution in [0, 0.1) is 0 Å². The quantitative estimate of drug-likeness (QED) is 0.756. The summed E-state index contributed by atoms with van der Waals surface area (Å²) in [5.74, 6) is -0.712. The van der Waals surface area contributed by atoms with Crippen molar-refractivity contribution in [3.05, 3.63) is 53.1 Å². The number of phenolic OH excluding ortho intramolecular Hbond substituents is 2. The molecule has 0 aliphatic carbocycles. The first-order chi connectivity index (χ1) is 9.06. The lowest BCUT2D eigenvalue weighted by atomic mass is 10.1. The first-order valence-electron chi connectivity index (χ1n) is 5.61.